The number of carbonyl (C=O) groups is 1. The van der Waals surface area contributed by atoms with Crippen LogP contribution in [0, 0.1) is 5.92 Å². The first-order chi connectivity index (χ1) is 13.2. The molecule has 0 bridgehead atoms. The largest absolute Gasteiger partial charge is 0.487 e. The predicted molar refractivity (Wildman–Crippen MR) is 107 cm³/mol. The minimum Gasteiger partial charge on any atom is -0.487 e. The van der Waals surface area contributed by atoms with E-state index in [-0.39, 0.29) is 5.92 Å². The van der Waals surface area contributed by atoms with Crippen LogP contribution in [0.4, 0.5) is 0 Å². The van der Waals surface area contributed by atoms with Crippen molar-refractivity contribution in [2.75, 3.05) is 0 Å². The molecule has 0 radical (unpaired) electrons. The summed E-state index contributed by atoms with van der Waals surface area (Å²) < 4.78 is 5.91. The number of nitrogens with zero attached hydrogens (tertiary/aromatic N) is 1. The maximum atomic E-state index is 11.1. The summed E-state index contributed by atoms with van der Waals surface area (Å²) in [7, 11) is 0. The minimum absolute atomic E-state index is 0.247. The summed E-state index contributed by atoms with van der Waals surface area (Å²) in [5.41, 5.74) is 3.03. The second-order valence-corrected chi connectivity index (χ2v) is 6.77. The highest BCUT2D eigenvalue weighted by atomic mass is 16.5. The van der Waals surface area contributed by atoms with Gasteiger partial charge in [-0.2, -0.15) is 0 Å². The number of aromatic nitrogens is 1. The molecule has 1 unspecified atom stereocenters. The minimum atomic E-state index is -0.697. The maximum Gasteiger partial charge on any atom is 0.306 e. The molecule has 0 fully saturated rings. The lowest BCUT2D eigenvalue weighted by molar-refractivity contribution is -0.142. The van der Waals surface area contributed by atoms with Crippen LogP contribution in [0.1, 0.15) is 37.4 Å². The van der Waals surface area contributed by atoms with Crippen molar-refractivity contribution in [2.45, 2.75) is 39.2 Å². The number of fused-ring (bicyclic) bond motifs is 1. The molecular weight excluding hydrogens is 338 g/mol. The zero-order chi connectivity index (χ0) is 19.1. The third-order valence-electron chi connectivity index (χ3n) is 4.80. The third kappa shape index (κ3) is 5.30. The van der Waals surface area contributed by atoms with Crippen LogP contribution in [-0.2, 0) is 17.8 Å². The quantitative estimate of drug-likeness (QED) is 0.564. The molecule has 0 saturated carbocycles. The molecule has 0 aliphatic rings. The molecule has 0 saturated heterocycles. The standard InChI is InChI=1S/C23H25NO3/c1-2-18(23(25)26)10-5-7-17-8-6-11-21(15-17)27-16-20-14-13-19-9-3-4-12-22(19)24-20/h3-4,6,8-9,11-15,18H,2,5,7,10,16H2,1H3,(H,25,26). The normalized spacial score (nSPS) is 12.0. The van der Waals surface area contributed by atoms with Crippen molar-refractivity contribution >= 4 is 16.9 Å². The van der Waals surface area contributed by atoms with E-state index in [2.05, 4.69) is 17.1 Å². The Labute approximate surface area is 159 Å². The van der Waals surface area contributed by atoms with Crippen molar-refractivity contribution in [3.8, 4) is 5.75 Å². The van der Waals surface area contributed by atoms with Gasteiger partial charge in [0.25, 0.3) is 0 Å². The Morgan fingerprint density at radius 1 is 1.11 bits per heavy atom. The lowest BCUT2D eigenvalue weighted by Gasteiger charge is -2.10. The molecule has 0 amide bonds. The lowest BCUT2D eigenvalue weighted by atomic mass is 9.97. The average molecular weight is 363 g/mol. The van der Waals surface area contributed by atoms with E-state index in [1.165, 1.54) is 5.56 Å². The molecule has 1 aromatic heterocycles. The second-order valence-electron chi connectivity index (χ2n) is 6.77. The smallest absolute Gasteiger partial charge is 0.306 e. The predicted octanol–water partition coefficient (Wildman–Crippen LogP) is 5.25. The number of ether oxygens (including phenoxy) is 1. The molecule has 3 rings (SSSR count). The zero-order valence-electron chi connectivity index (χ0n) is 15.6. The van der Waals surface area contributed by atoms with Crippen molar-refractivity contribution in [3.63, 3.8) is 0 Å². The van der Waals surface area contributed by atoms with Gasteiger partial charge < -0.3 is 9.84 Å². The molecule has 3 aromatic rings. The van der Waals surface area contributed by atoms with Gasteiger partial charge in [0.2, 0.25) is 0 Å². The van der Waals surface area contributed by atoms with Crippen LogP contribution in [0.15, 0.2) is 60.7 Å². The topological polar surface area (TPSA) is 59.4 Å². The summed E-state index contributed by atoms with van der Waals surface area (Å²) in [5.74, 6) is -0.131. The van der Waals surface area contributed by atoms with Crippen LogP contribution in [0.2, 0.25) is 0 Å². The Hall–Kier alpha value is -2.88. The molecule has 2 aromatic carbocycles. The number of aryl methyl sites for hydroxylation is 1. The van der Waals surface area contributed by atoms with E-state index in [0.29, 0.717) is 19.4 Å². The Morgan fingerprint density at radius 3 is 2.78 bits per heavy atom. The highest BCUT2D eigenvalue weighted by molar-refractivity contribution is 5.78. The fourth-order valence-corrected chi connectivity index (χ4v) is 3.19. The summed E-state index contributed by atoms with van der Waals surface area (Å²) in [6.45, 7) is 2.35. The van der Waals surface area contributed by atoms with E-state index in [0.717, 1.165) is 35.2 Å². The lowest BCUT2D eigenvalue weighted by Crippen LogP contribution is -2.12. The molecule has 0 spiro atoms. The van der Waals surface area contributed by atoms with E-state index >= 15 is 0 Å². The second kappa shape index (κ2) is 9.17. The van der Waals surface area contributed by atoms with Gasteiger partial charge in [0.15, 0.2) is 0 Å². The van der Waals surface area contributed by atoms with Gasteiger partial charge in [-0.1, -0.05) is 43.3 Å². The SMILES string of the molecule is CCC(CCCc1cccc(OCc2ccc3ccccc3n2)c1)C(=O)O. The summed E-state index contributed by atoms with van der Waals surface area (Å²) in [6.07, 6.45) is 3.10. The van der Waals surface area contributed by atoms with Gasteiger partial charge in [0.1, 0.15) is 12.4 Å². The van der Waals surface area contributed by atoms with Crippen molar-refractivity contribution in [1.29, 1.82) is 0 Å². The molecule has 1 heterocycles. The van der Waals surface area contributed by atoms with Gasteiger partial charge in [-0.05, 0) is 55.5 Å². The fraction of sp³-hybridized carbons (Fsp3) is 0.304. The number of pyridine rings is 1. The molecule has 1 N–H and O–H groups in total. The van der Waals surface area contributed by atoms with Gasteiger partial charge in [-0.25, -0.2) is 4.98 Å². The van der Waals surface area contributed by atoms with Gasteiger partial charge in [-0.15, -0.1) is 0 Å². The van der Waals surface area contributed by atoms with Crippen LogP contribution in [0.3, 0.4) is 0 Å². The fourth-order valence-electron chi connectivity index (χ4n) is 3.19. The highest BCUT2D eigenvalue weighted by Crippen LogP contribution is 2.19. The Kier molecular flexibility index (Phi) is 6.42. The van der Waals surface area contributed by atoms with Gasteiger partial charge >= 0.3 is 5.97 Å². The Morgan fingerprint density at radius 2 is 1.96 bits per heavy atom. The summed E-state index contributed by atoms with van der Waals surface area (Å²) in [5, 5.41) is 10.3. The first-order valence-corrected chi connectivity index (χ1v) is 9.45. The Balaban J connectivity index is 1.56. The number of carboxylic acids is 1. The van der Waals surface area contributed by atoms with Gasteiger partial charge in [-0.3, -0.25) is 4.79 Å². The van der Waals surface area contributed by atoms with E-state index < -0.39 is 5.97 Å². The Bertz CT molecular complexity index is 907. The maximum absolute atomic E-state index is 11.1. The first-order valence-electron chi connectivity index (χ1n) is 9.45. The number of para-hydroxylation sites is 1. The van der Waals surface area contributed by atoms with Gasteiger partial charge in [0, 0.05) is 5.39 Å². The van der Waals surface area contributed by atoms with Gasteiger partial charge in [0.05, 0.1) is 17.1 Å². The molecule has 0 aliphatic heterocycles. The number of aliphatic carboxylic acids is 1. The number of rotatable bonds is 9. The third-order valence-corrected chi connectivity index (χ3v) is 4.80. The van der Waals surface area contributed by atoms with Crippen LogP contribution >= 0.6 is 0 Å². The summed E-state index contributed by atoms with van der Waals surface area (Å²) >= 11 is 0. The van der Waals surface area contributed by atoms with Crippen molar-refractivity contribution in [3.05, 3.63) is 71.9 Å². The van der Waals surface area contributed by atoms with Crippen LogP contribution < -0.4 is 4.74 Å². The molecule has 27 heavy (non-hydrogen) atoms. The van der Waals surface area contributed by atoms with Crippen LogP contribution in [0.25, 0.3) is 10.9 Å². The van der Waals surface area contributed by atoms with E-state index in [9.17, 15) is 4.79 Å². The highest BCUT2D eigenvalue weighted by Gasteiger charge is 2.14. The molecular formula is C23H25NO3. The van der Waals surface area contributed by atoms with E-state index in [1.54, 1.807) is 0 Å². The molecule has 4 nitrogen and oxygen atoms in total. The molecule has 0 aliphatic carbocycles. The number of carboxylic acid groups (broad SMARTS) is 1. The number of benzene rings is 2. The molecule has 4 heteroatoms. The summed E-state index contributed by atoms with van der Waals surface area (Å²) in [4.78, 5) is 15.7. The zero-order valence-corrected chi connectivity index (χ0v) is 15.6. The monoisotopic (exact) mass is 363 g/mol. The van der Waals surface area contributed by atoms with Crippen LogP contribution in [-0.4, -0.2) is 16.1 Å². The van der Waals surface area contributed by atoms with E-state index in [1.807, 2.05) is 55.5 Å². The van der Waals surface area contributed by atoms with E-state index in [4.69, 9.17) is 9.84 Å². The number of hydrogen-bond acceptors (Lipinski definition) is 3. The molecule has 1 atom stereocenters. The van der Waals surface area contributed by atoms with Crippen LogP contribution in [0.5, 0.6) is 5.75 Å². The molecule has 140 valence electrons. The van der Waals surface area contributed by atoms with Crippen molar-refractivity contribution in [2.24, 2.45) is 5.92 Å². The average Bonchev–Trinajstić information content (AvgIpc) is 2.69. The summed E-state index contributed by atoms with van der Waals surface area (Å²) in [6, 6.07) is 20.1. The van der Waals surface area contributed by atoms with Crippen molar-refractivity contribution < 1.29 is 14.6 Å². The number of hydrogen-bond donors (Lipinski definition) is 1. The van der Waals surface area contributed by atoms with Crippen molar-refractivity contribution in [1.82, 2.24) is 4.98 Å². The first kappa shape index (κ1) is 18.9.